The Kier molecular flexibility index (Phi) is 6.43. The normalized spacial score (nSPS) is 12.4. The van der Waals surface area contributed by atoms with Gasteiger partial charge in [-0.1, -0.05) is 20.3 Å². The Hall–Kier alpha value is -1.36. The molecule has 0 amide bonds. The van der Waals surface area contributed by atoms with Crippen LogP contribution >= 0.6 is 0 Å². The van der Waals surface area contributed by atoms with Gasteiger partial charge in [0.15, 0.2) is 5.82 Å². The number of nitrogens with one attached hydrogen (secondary N) is 1. The largest absolute Gasteiger partial charge is 0.396 e. The second kappa shape index (κ2) is 7.87. The standard InChI is InChI=1S/C13H23N3O2/c1-3-7-16-8-6-14-12(13(16)18)15-10-11(4-2)5-9-17/h6,8,11,17H,3-5,7,9-10H2,1-2H3,(H,14,15). The lowest BCUT2D eigenvalue weighted by Crippen LogP contribution is -2.26. The Morgan fingerprint density at radius 2 is 2.28 bits per heavy atom. The number of hydrogen-bond acceptors (Lipinski definition) is 4. The van der Waals surface area contributed by atoms with Crippen LogP contribution < -0.4 is 10.9 Å². The van der Waals surface area contributed by atoms with E-state index in [0.717, 1.165) is 19.3 Å². The number of aryl methyl sites for hydroxylation is 1. The number of aliphatic hydroxyl groups excluding tert-OH is 1. The fourth-order valence-corrected chi connectivity index (χ4v) is 1.86. The van der Waals surface area contributed by atoms with Gasteiger partial charge in [0.1, 0.15) is 0 Å². The zero-order chi connectivity index (χ0) is 13.4. The zero-order valence-electron chi connectivity index (χ0n) is 11.2. The van der Waals surface area contributed by atoms with Crippen LogP contribution in [0.2, 0.25) is 0 Å². The van der Waals surface area contributed by atoms with Gasteiger partial charge in [0, 0.05) is 32.1 Å². The van der Waals surface area contributed by atoms with Crippen molar-refractivity contribution >= 4 is 5.82 Å². The van der Waals surface area contributed by atoms with E-state index in [1.54, 1.807) is 17.0 Å². The van der Waals surface area contributed by atoms with Gasteiger partial charge >= 0.3 is 0 Å². The van der Waals surface area contributed by atoms with Crippen LogP contribution in [0.15, 0.2) is 17.2 Å². The van der Waals surface area contributed by atoms with E-state index in [4.69, 9.17) is 5.11 Å². The number of hydrogen-bond donors (Lipinski definition) is 2. The predicted octanol–water partition coefficient (Wildman–Crippen LogP) is 1.47. The Balaban J connectivity index is 2.67. The monoisotopic (exact) mass is 253 g/mol. The highest BCUT2D eigenvalue weighted by Gasteiger charge is 2.08. The van der Waals surface area contributed by atoms with Gasteiger partial charge in [-0.05, 0) is 18.8 Å². The average molecular weight is 253 g/mol. The van der Waals surface area contributed by atoms with E-state index in [2.05, 4.69) is 17.2 Å². The van der Waals surface area contributed by atoms with E-state index in [0.29, 0.717) is 24.8 Å². The van der Waals surface area contributed by atoms with Crippen molar-refractivity contribution in [1.82, 2.24) is 9.55 Å². The van der Waals surface area contributed by atoms with Crippen molar-refractivity contribution in [1.29, 1.82) is 0 Å². The van der Waals surface area contributed by atoms with E-state index >= 15 is 0 Å². The minimum absolute atomic E-state index is 0.0711. The van der Waals surface area contributed by atoms with Gasteiger partial charge < -0.3 is 15.0 Å². The summed E-state index contributed by atoms with van der Waals surface area (Å²) in [6.45, 7) is 5.69. The lowest BCUT2D eigenvalue weighted by molar-refractivity contribution is 0.258. The molecule has 0 aromatic carbocycles. The average Bonchev–Trinajstić information content (AvgIpc) is 2.38. The quantitative estimate of drug-likeness (QED) is 0.736. The van der Waals surface area contributed by atoms with Crippen molar-refractivity contribution in [2.75, 3.05) is 18.5 Å². The number of aromatic nitrogens is 2. The molecule has 1 unspecified atom stereocenters. The van der Waals surface area contributed by atoms with Crippen LogP contribution in [0.25, 0.3) is 0 Å². The summed E-state index contributed by atoms with van der Waals surface area (Å²) in [5.41, 5.74) is -0.0711. The molecule has 1 rings (SSSR count). The minimum Gasteiger partial charge on any atom is -0.396 e. The van der Waals surface area contributed by atoms with Crippen molar-refractivity contribution in [2.45, 2.75) is 39.7 Å². The van der Waals surface area contributed by atoms with Crippen LogP contribution in [0.3, 0.4) is 0 Å². The van der Waals surface area contributed by atoms with E-state index in [1.807, 2.05) is 6.92 Å². The molecule has 1 aromatic rings. The molecule has 2 N–H and O–H groups in total. The first-order valence-corrected chi connectivity index (χ1v) is 6.63. The molecule has 0 aliphatic rings. The molecular formula is C13H23N3O2. The SMILES string of the molecule is CCCn1ccnc(NCC(CC)CCO)c1=O. The summed E-state index contributed by atoms with van der Waals surface area (Å²) >= 11 is 0. The topological polar surface area (TPSA) is 67.2 Å². The molecule has 0 aliphatic heterocycles. The maximum atomic E-state index is 12.0. The predicted molar refractivity (Wildman–Crippen MR) is 72.8 cm³/mol. The molecule has 0 spiro atoms. The van der Waals surface area contributed by atoms with Crippen LogP contribution in [0, 0.1) is 5.92 Å². The molecule has 0 aliphatic carbocycles. The summed E-state index contributed by atoms with van der Waals surface area (Å²) in [4.78, 5) is 16.1. The number of rotatable bonds is 8. The van der Waals surface area contributed by atoms with Crippen LogP contribution in [-0.2, 0) is 6.54 Å². The van der Waals surface area contributed by atoms with Gasteiger partial charge in [0.2, 0.25) is 0 Å². The Bertz CT molecular complexity index is 403. The summed E-state index contributed by atoms with van der Waals surface area (Å²) in [6, 6.07) is 0. The van der Waals surface area contributed by atoms with Crippen molar-refractivity contribution in [2.24, 2.45) is 5.92 Å². The first kappa shape index (κ1) is 14.7. The first-order chi connectivity index (χ1) is 8.72. The molecule has 1 aromatic heterocycles. The van der Waals surface area contributed by atoms with Gasteiger partial charge in [-0.15, -0.1) is 0 Å². The van der Waals surface area contributed by atoms with E-state index < -0.39 is 0 Å². The number of anilines is 1. The molecule has 5 nitrogen and oxygen atoms in total. The van der Waals surface area contributed by atoms with Crippen LogP contribution in [-0.4, -0.2) is 27.8 Å². The van der Waals surface area contributed by atoms with Gasteiger partial charge in [-0.25, -0.2) is 4.98 Å². The van der Waals surface area contributed by atoms with Crippen molar-refractivity contribution in [3.05, 3.63) is 22.7 Å². The zero-order valence-corrected chi connectivity index (χ0v) is 11.2. The molecule has 102 valence electrons. The highest BCUT2D eigenvalue weighted by molar-refractivity contribution is 5.30. The summed E-state index contributed by atoms with van der Waals surface area (Å²) in [5, 5.41) is 12.0. The third-order valence-electron chi connectivity index (χ3n) is 3.05. The third kappa shape index (κ3) is 4.14. The molecule has 0 saturated heterocycles. The smallest absolute Gasteiger partial charge is 0.293 e. The molecule has 1 heterocycles. The van der Waals surface area contributed by atoms with Crippen LogP contribution in [0.4, 0.5) is 5.82 Å². The van der Waals surface area contributed by atoms with Crippen molar-refractivity contribution in [3.63, 3.8) is 0 Å². The lowest BCUT2D eigenvalue weighted by atomic mass is 10.0. The van der Waals surface area contributed by atoms with Gasteiger partial charge in [0.05, 0.1) is 0 Å². The van der Waals surface area contributed by atoms with E-state index in [-0.39, 0.29) is 12.2 Å². The highest BCUT2D eigenvalue weighted by atomic mass is 16.3. The summed E-state index contributed by atoms with van der Waals surface area (Å²) < 4.78 is 1.67. The Morgan fingerprint density at radius 3 is 2.89 bits per heavy atom. The van der Waals surface area contributed by atoms with Gasteiger partial charge in [0.25, 0.3) is 5.56 Å². The Labute approximate surface area is 108 Å². The molecule has 18 heavy (non-hydrogen) atoms. The van der Waals surface area contributed by atoms with Gasteiger partial charge in [-0.3, -0.25) is 4.79 Å². The highest BCUT2D eigenvalue weighted by Crippen LogP contribution is 2.07. The molecule has 0 saturated carbocycles. The summed E-state index contributed by atoms with van der Waals surface area (Å²) in [5.74, 6) is 0.776. The van der Waals surface area contributed by atoms with Gasteiger partial charge in [-0.2, -0.15) is 0 Å². The molecule has 0 radical (unpaired) electrons. The van der Waals surface area contributed by atoms with Crippen molar-refractivity contribution in [3.8, 4) is 0 Å². The number of aliphatic hydroxyl groups is 1. The van der Waals surface area contributed by atoms with Crippen LogP contribution in [0.1, 0.15) is 33.1 Å². The van der Waals surface area contributed by atoms with Crippen molar-refractivity contribution < 1.29 is 5.11 Å². The lowest BCUT2D eigenvalue weighted by Gasteiger charge is -2.14. The van der Waals surface area contributed by atoms with Crippen LogP contribution in [0.5, 0.6) is 0 Å². The molecule has 1 atom stereocenters. The van der Waals surface area contributed by atoms with E-state index in [9.17, 15) is 4.79 Å². The maximum Gasteiger partial charge on any atom is 0.293 e. The minimum atomic E-state index is -0.0711. The third-order valence-corrected chi connectivity index (χ3v) is 3.05. The number of nitrogens with zero attached hydrogens (tertiary/aromatic N) is 2. The molecule has 0 fully saturated rings. The fourth-order valence-electron chi connectivity index (χ4n) is 1.86. The summed E-state index contributed by atoms with van der Waals surface area (Å²) in [6.07, 6.45) is 6.00. The second-order valence-electron chi connectivity index (χ2n) is 4.44. The fraction of sp³-hybridized carbons (Fsp3) is 0.692. The van der Waals surface area contributed by atoms with E-state index in [1.165, 1.54) is 0 Å². The molecule has 0 bridgehead atoms. The summed E-state index contributed by atoms with van der Waals surface area (Å²) in [7, 11) is 0. The molecular weight excluding hydrogens is 230 g/mol. The Morgan fingerprint density at radius 1 is 1.50 bits per heavy atom. The molecule has 5 heteroatoms. The second-order valence-corrected chi connectivity index (χ2v) is 4.44. The maximum absolute atomic E-state index is 12.0. The first-order valence-electron chi connectivity index (χ1n) is 6.63.